The number of nitrogens with zero attached hydrogens (tertiary/aromatic N) is 4. The van der Waals surface area contributed by atoms with Crippen molar-refractivity contribution in [2.24, 2.45) is 0 Å². The van der Waals surface area contributed by atoms with Gasteiger partial charge in [-0.2, -0.15) is 4.31 Å². The number of hydrogen-bond acceptors (Lipinski definition) is 6. The summed E-state index contributed by atoms with van der Waals surface area (Å²) in [6, 6.07) is 4.25. The standard InChI is InChI=1S/C20H19F2N5O5S/c1-25(30)20(29)16-7-14-17(8-24-16)26(9-12-2-3-13(21)6-15(12)22)10-18(14)33(31,32)27-5-4-23-19(28)11-27/h2-3,6-8,10,30H,4-5,9,11H2,1H3,(H,23,28). The van der Waals surface area contributed by atoms with Crippen molar-refractivity contribution >= 4 is 32.7 Å². The van der Waals surface area contributed by atoms with Crippen molar-refractivity contribution in [2.45, 2.75) is 11.4 Å². The van der Waals surface area contributed by atoms with Gasteiger partial charge in [-0.1, -0.05) is 6.07 Å². The maximum Gasteiger partial charge on any atom is 0.295 e. The molecule has 0 aliphatic carbocycles. The summed E-state index contributed by atoms with van der Waals surface area (Å²) in [6.07, 6.45) is 2.49. The highest BCUT2D eigenvalue weighted by atomic mass is 32.2. The average Bonchev–Trinajstić information content (AvgIpc) is 3.13. The number of benzene rings is 1. The summed E-state index contributed by atoms with van der Waals surface area (Å²) in [5.41, 5.74) is 0.145. The number of carbonyl (C=O) groups excluding carboxylic acids is 2. The van der Waals surface area contributed by atoms with Crippen LogP contribution < -0.4 is 5.32 Å². The van der Waals surface area contributed by atoms with Gasteiger partial charge in [0.15, 0.2) is 0 Å². The SMILES string of the molecule is CN(O)C(=O)c1cc2c(S(=O)(=O)N3CCNC(=O)C3)cn(Cc3ccc(F)cc3F)c2cn1. The van der Waals surface area contributed by atoms with Gasteiger partial charge >= 0.3 is 0 Å². The molecule has 0 spiro atoms. The second-order valence-electron chi connectivity index (χ2n) is 7.46. The Morgan fingerprint density at radius 3 is 2.73 bits per heavy atom. The van der Waals surface area contributed by atoms with Crippen LogP contribution in [0.25, 0.3) is 10.9 Å². The molecule has 10 nitrogen and oxygen atoms in total. The molecule has 1 fully saturated rings. The number of hydrogen-bond donors (Lipinski definition) is 2. The monoisotopic (exact) mass is 479 g/mol. The van der Waals surface area contributed by atoms with Crippen molar-refractivity contribution in [1.29, 1.82) is 0 Å². The quantitative estimate of drug-likeness (QED) is 0.415. The molecule has 2 aromatic heterocycles. The van der Waals surface area contributed by atoms with Crippen LogP contribution in [0.5, 0.6) is 0 Å². The van der Waals surface area contributed by atoms with Gasteiger partial charge in [0.25, 0.3) is 5.91 Å². The van der Waals surface area contributed by atoms with E-state index in [0.29, 0.717) is 5.06 Å². The average molecular weight is 479 g/mol. The summed E-state index contributed by atoms with van der Waals surface area (Å²) in [5.74, 6) is -2.88. The Kier molecular flexibility index (Phi) is 5.86. The van der Waals surface area contributed by atoms with Crippen molar-refractivity contribution in [3.8, 4) is 0 Å². The van der Waals surface area contributed by atoms with E-state index in [0.717, 1.165) is 23.5 Å². The Bertz CT molecular complexity index is 1370. The van der Waals surface area contributed by atoms with Crippen LogP contribution in [0.3, 0.4) is 0 Å². The van der Waals surface area contributed by atoms with Gasteiger partial charge in [-0.05, 0) is 12.1 Å². The van der Waals surface area contributed by atoms with Crippen molar-refractivity contribution in [1.82, 2.24) is 24.2 Å². The zero-order valence-electron chi connectivity index (χ0n) is 17.3. The van der Waals surface area contributed by atoms with Crippen molar-refractivity contribution in [2.75, 3.05) is 26.7 Å². The topological polar surface area (TPSA) is 125 Å². The number of piperazine rings is 1. The third-order valence-electron chi connectivity index (χ3n) is 5.22. The summed E-state index contributed by atoms with van der Waals surface area (Å²) in [7, 11) is -3.09. The Morgan fingerprint density at radius 2 is 2.06 bits per heavy atom. The Hall–Kier alpha value is -3.42. The number of amides is 2. The number of nitrogens with one attached hydrogen (secondary N) is 1. The number of halogens is 2. The summed E-state index contributed by atoms with van der Waals surface area (Å²) < 4.78 is 56.7. The lowest BCUT2D eigenvalue weighted by Gasteiger charge is -2.25. The van der Waals surface area contributed by atoms with Crippen LogP contribution >= 0.6 is 0 Å². The van der Waals surface area contributed by atoms with Gasteiger partial charge < -0.3 is 9.88 Å². The van der Waals surface area contributed by atoms with Crippen LogP contribution in [-0.2, 0) is 21.4 Å². The molecular weight excluding hydrogens is 460 g/mol. The highest BCUT2D eigenvalue weighted by molar-refractivity contribution is 7.89. The van der Waals surface area contributed by atoms with E-state index in [2.05, 4.69) is 10.3 Å². The zero-order valence-corrected chi connectivity index (χ0v) is 18.1. The fraction of sp³-hybridized carbons (Fsp3) is 0.250. The molecular formula is C20H19F2N5O5S. The van der Waals surface area contributed by atoms with E-state index in [4.69, 9.17) is 0 Å². The molecule has 33 heavy (non-hydrogen) atoms. The van der Waals surface area contributed by atoms with Crippen LogP contribution in [0.15, 0.2) is 41.6 Å². The number of fused-ring (bicyclic) bond motifs is 1. The molecule has 0 atom stereocenters. The van der Waals surface area contributed by atoms with Gasteiger partial charge in [0.05, 0.1) is 24.8 Å². The Balaban J connectivity index is 1.87. The second kappa shape index (κ2) is 8.50. The van der Waals surface area contributed by atoms with Crippen LogP contribution in [0.2, 0.25) is 0 Å². The van der Waals surface area contributed by atoms with Crippen molar-refractivity contribution in [3.05, 3.63) is 59.6 Å². The summed E-state index contributed by atoms with van der Waals surface area (Å²) in [4.78, 5) is 27.7. The molecule has 1 aromatic carbocycles. The fourth-order valence-corrected chi connectivity index (χ4v) is 5.17. The maximum absolute atomic E-state index is 14.3. The van der Waals surface area contributed by atoms with E-state index < -0.39 is 33.5 Å². The Morgan fingerprint density at radius 1 is 1.30 bits per heavy atom. The molecule has 4 rings (SSSR count). The Labute approximate surface area is 187 Å². The first-order chi connectivity index (χ1) is 15.6. The van der Waals surface area contributed by atoms with Crippen LogP contribution in [0.4, 0.5) is 8.78 Å². The number of hydroxylamine groups is 2. The first-order valence-corrected chi connectivity index (χ1v) is 11.2. The molecule has 2 amide bonds. The van der Waals surface area contributed by atoms with Gasteiger partial charge in [0, 0.05) is 43.4 Å². The maximum atomic E-state index is 14.3. The molecule has 174 valence electrons. The number of aromatic nitrogens is 2. The summed E-state index contributed by atoms with van der Waals surface area (Å²) in [6.45, 7) is -0.340. The van der Waals surface area contributed by atoms with Crippen LogP contribution in [-0.4, -0.2) is 71.0 Å². The first-order valence-electron chi connectivity index (χ1n) is 9.74. The molecule has 0 radical (unpaired) electrons. The predicted molar refractivity (Wildman–Crippen MR) is 111 cm³/mol. The third-order valence-corrected chi connectivity index (χ3v) is 7.09. The molecule has 3 heterocycles. The van der Waals surface area contributed by atoms with E-state index in [1.807, 2.05) is 0 Å². The van der Waals surface area contributed by atoms with Crippen LogP contribution in [0, 0.1) is 11.6 Å². The first kappa shape index (κ1) is 22.8. The largest absolute Gasteiger partial charge is 0.354 e. The van der Waals surface area contributed by atoms with Crippen molar-refractivity contribution < 1.29 is 32.0 Å². The van der Waals surface area contributed by atoms with E-state index in [1.165, 1.54) is 29.1 Å². The molecule has 2 N–H and O–H groups in total. The second-order valence-corrected chi connectivity index (χ2v) is 9.37. The molecule has 1 aliphatic rings. The number of carbonyl (C=O) groups is 2. The minimum Gasteiger partial charge on any atom is -0.354 e. The van der Waals surface area contributed by atoms with Gasteiger partial charge in [0.1, 0.15) is 22.2 Å². The number of rotatable bonds is 5. The summed E-state index contributed by atoms with van der Waals surface area (Å²) in [5, 5.41) is 12.4. The van der Waals surface area contributed by atoms with Gasteiger partial charge in [-0.15, -0.1) is 0 Å². The molecule has 1 aliphatic heterocycles. The predicted octanol–water partition coefficient (Wildman–Crippen LogP) is 0.945. The van der Waals surface area contributed by atoms with Crippen molar-refractivity contribution in [3.63, 3.8) is 0 Å². The van der Waals surface area contributed by atoms with Gasteiger partial charge in [0.2, 0.25) is 15.9 Å². The van der Waals surface area contributed by atoms with E-state index >= 15 is 0 Å². The molecule has 0 unspecified atom stereocenters. The lowest BCUT2D eigenvalue weighted by Crippen LogP contribution is -2.49. The third kappa shape index (κ3) is 4.29. The fourth-order valence-electron chi connectivity index (χ4n) is 3.57. The lowest BCUT2D eigenvalue weighted by molar-refractivity contribution is -0.122. The van der Waals surface area contributed by atoms with Gasteiger partial charge in [-0.3, -0.25) is 14.8 Å². The highest BCUT2D eigenvalue weighted by Crippen LogP contribution is 2.30. The van der Waals surface area contributed by atoms with Crippen LogP contribution in [0.1, 0.15) is 16.1 Å². The minimum atomic E-state index is -4.19. The van der Waals surface area contributed by atoms with E-state index in [9.17, 15) is 32.0 Å². The van der Waals surface area contributed by atoms with E-state index in [1.54, 1.807) is 0 Å². The summed E-state index contributed by atoms with van der Waals surface area (Å²) >= 11 is 0. The minimum absolute atomic E-state index is 0.0452. The van der Waals surface area contributed by atoms with E-state index in [-0.39, 0.29) is 53.2 Å². The highest BCUT2D eigenvalue weighted by Gasteiger charge is 2.32. The lowest BCUT2D eigenvalue weighted by atomic mass is 10.2. The number of sulfonamides is 1. The molecule has 3 aromatic rings. The number of pyridine rings is 1. The molecule has 1 saturated heterocycles. The molecule has 0 bridgehead atoms. The smallest absolute Gasteiger partial charge is 0.295 e. The van der Waals surface area contributed by atoms with Gasteiger partial charge in [-0.25, -0.2) is 27.2 Å². The normalized spacial score (nSPS) is 15.0. The zero-order chi connectivity index (χ0) is 23.9. The molecule has 13 heteroatoms. The molecule has 0 saturated carbocycles.